The monoisotopic (exact) mass is 409 g/mol. The van der Waals surface area contributed by atoms with Gasteiger partial charge in [-0.1, -0.05) is 12.1 Å². The zero-order chi connectivity index (χ0) is 21.1. The number of anilines is 1. The van der Waals surface area contributed by atoms with Gasteiger partial charge < -0.3 is 19.9 Å². The summed E-state index contributed by atoms with van der Waals surface area (Å²) in [4.78, 5) is 27.3. The molecule has 7 nitrogen and oxygen atoms in total. The molecule has 0 saturated carbocycles. The molecule has 0 radical (unpaired) electrons. The topological polar surface area (TPSA) is 70.6 Å². The molecule has 0 aliphatic carbocycles. The normalized spacial score (nSPS) is 19.3. The van der Waals surface area contributed by atoms with Gasteiger partial charge in [0, 0.05) is 32.2 Å². The Morgan fingerprint density at radius 1 is 1.27 bits per heavy atom. The summed E-state index contributed by atoms with van der Waals surface area (Å²) in [5, 5.41) is 3.26. The van der Waals surface area contributed by atoms with Crippen LogP contribution in [0.15, 0.2) is 24.3 Å². The number of carbonyl (C=O) groups is 1. The smallest absolute Gasteiger partial charge is 0.227 e. The Bertz CT molecular complexity index is 916. The molecule has 1 aromatic heterocycles. The zero-order valence-corrected chi connectivity index (χ0v) is 18.1. The van der Waals surface area contributed by atoms with Crippen molar-refractivity contribution in [2.75, 3.05) is 39.6 Å². The summed E-state index contributed by atoms with van der Waals surface area (Å²) in [7, 11) is 5.68. The van der Waals surface area contributed by atoms with Gasteiger partial charge in [-0.2, -0.15) is 0 Å². The maximum absolute atomic E-state index is 13.3. The molecule has 1 N–H and O–H groups in total. The van der Waals surface area contributed by atoms with Gasteiger partial charge in [-0.05, 0) is 50.4 Å². The lowest BCUT2D eigenvalue weighted by Gasteiger charge is -2.36. The fourth-order valence-corrected chi connectivity index (χ4v) is 4.49. The third kappa shape index (κ3) is 4.26. The van der Waals surface area contributed by atoms with Crippen LogP contribution in [0, 0.1) is 0 Å². The molecular formula is C23H31N5O2. The van der Waals surface area contributed by atoms with Crippen molar-refractivity contribution in [3.8, 4) is 5.75 Å². The van der Waals surface area contributed by atoms with Gasteiger partial charge in [0.15, 0.2) is 5.82 Å². The molecule has 0 bridgehead atoms. The maximum Gasteiger partial charge on any atom is 0.227 e. The number of likely N-dealkylation sites (N-methyl/N-ethyl adjacent to an activating group) is 1. The molecular weight excluding hydrogens is 378 g/mol. The van der Waals surface area contributed by atoms with E-state index in [1.54, 1.807) is 7.11 Å². The first-order valence-electron chi connectivity index (χ1n) is 10.8. The van der Waals surface area contributed by atoms with Crippen LogP contribution in [0.5, 0.6) is 5.75 Å². The standard InChI is InChI=1S/C23H31N5O2/c1-24-22-18-10-12-27(2)15-19(18)25-23(26-22)20-9-4-5-11-28(20)21(29)14-16-7-6-8-17(13-16)30-3/h6-8,13,20H,4-5,9-12,14-15H2,1-3H3,(H,24,25,26). The quantitative estimate of drug-likeness (QED) is 0.819. The van der Waals surface area contributed by atoms with Crippen molar-refractivity contribution in [2.24, 2.45) is 0 Å². The third-order valence-corrected chi connectivity index (χ3v) is 6.12. The Kier molecular flexibility index (Phi) is 6.18. The van der Waals surface area contributed by atoms with Crippen molar-refractivity contribution >= 4 is 11.7 Å². The number of benzene rings is 1. The Morgan fingerprint density at radius 2 is 2.13 bits per heavy atom. The van der Waals surface area contributed by atoms with Crippen LogP contribution in [0.4, 0.5) is 5.82 Å². The van der Waals surface area contributed by atoms with Crippen LogP contribution in [0.3, 0.4) is 0 Å². The first-order valence-corrected chi connectivity index (χ1v) is 10.8. The number of piperidine rings is 1. The number of fused-ring (bicyclic) bond motifs is 1. The van der Waals surface area contributed by atoms with E-state index >= 15 is 0 Å². The highest BCUT2D eigenvalue weighted by Crippen LogP contribution is 2.32. The second-order valence-electron chi connectivity index (χ2n) is 8.22. The predicted octanol–water partition coefficient (Wildman–Crippen LogP) is 2.81. The van der Waals surface area contributed by atoms with Crippen molar-refractivity contribution in [2.45, 2.75) is 44.7 Å². The lowest BCUT2D eigenvalue weighted by Crippen LogP contribution is -2.40. The molecule has 30 heavy (non-hydrogen) atoms. The molecule has 0 spiro atoms. The SMILES string of the molecule is CNc1nc(C2CCCCN2C(=O)Cc2cccc(OC)c2)nc2c1CCN(C)C2. The molecule has 2 aromatic rings. The summed E-state index contributed by atoms with van der Waals surface area (Å²) >= 11 is 0. The summed E-state index contributed by atoms with van der Waals surface area (Å²) in [6.45, 7) is 2.59. The van der Waals surface area contributed by atoms with E-state index in [4.69, 9.17) is 14.7 Å². The number of nitrogens with one attached hydrogen (secondary N) is 1. The van der Waals surface area contributed by atoms with E-state index in [0.717, 1.165) is 74.0 Å². The second kappa shape index (κ2) is 9.00. The van der Waals surface area contributed by atoms with E-state index in [0.29, 0.717) is 6.42 Å². The van der Waals surface area contributed by atoms with Gasteiger partial charge >= 0.3 is 0 Å². The van der Waals surface area contributed by atoms with Gasteiger partial charge in [-0.15, -0.1) is 0 Å². The minimum absolute atomic E-state index is 0.0681. The average molecular weight is 410 g/mol. The van der Waals surface area contributed by atoms with E-state index in [-0.39, 0.29) is 11.9 Å². The number of amides is 1. The highest BCUT2D eigenvalue weighted by molar-refractivity contribution is 5.79. The molecule has 2 aliphatic rings. The van der Waals surface area contributed by atoms with E-state index in [1.807, 2.05) is 36.2 Å². The van der Waals surface area contributed by atoms with Crippen LogP contribution in [0.25, 0.3) is 0 Å². The van der Waals surface area contributed by atoms with E-state index in [2.05, 4.69) is 17.3 Å². The van der Waals surface area contributed by atoms with Crippen LogP contribution >= 0.6 is 0 Å². The summed E-state index contributed by atoms with van der Waals surface area (Å²) < 4.78 is 5.30. The minimum atomic E-state index is -0.0681. The third-order valence-electron chi connectivity index (χ3n) is 6.12. The number of methoxy groups -OCH3 is 1. The second-order valence-corrected chi connectivity index (χ2v) is 8.22. The van der Waals surface area contributed by atoms with Gasteiger partial charge in [0.25, 0.3) is 0 Å². The fraction of sp³-hybridized carbons (Fsp3) is 0.522. The highest BCUT2D eigenvalue weighted by Gasteiger charge is 2.32. The number of nitrogens with zero attached hydrogens (tertiary/aromatic N) is 4. The number of hydrogen-bond acceptors (Lipinski definition) is 6. The highest BCUT2D eigenvalue weighted by atomic mass is 16.5. The number of likely N-dealkylation sites (tertiary alicyclic amines) is 1. The Labute approximate surface area is 178 Å². The average Bonchev–Trinajstić information content (AvgIpc) is 2.78. The Balaban J connectivity index is 1.60. The first kappa shape index (κ1) is 20.6. The van der Waals surface area contributed by atoms with Crippen molar-refractivity contribution in [1.82, 2.24) is 19.8 Å². The molecule has 160 valence electrons. The predicted molar refractivity (Wildman–Crippen MR) is 117 cm³/mol. The minimum Gasteiger partial charge on any atom is -0.497 e. The van der Waals surface area contributed by atoms with Crippen LogP contribution in [-0.2, 0) is 24.2 Å². The van der Waals surface area contributed by atoms with E-state index < -0.39 is 0 Å². The van der Waals surface area contributed by atoms with E-state index in [9.17, 15) is 4.79 Å². The lowest BCUT2D eigenvalue weighted by molar-refractivity contribution is -0.134. The lowest BCUT2D eigenvalue weighted by atomic mass is 9.99. The molecule has 2 aliphatic heterocycles. The molecule has 1 atom stereocenters. The van der Waals surface area contributed by atoms with Crippen molar-refractivity contribution in [3.05, 3.63) is 46.9 Å². The molecule has 1 aromatic carbocycles. The largest absolute Gasteiger partial charge is 0.497 e. The first-order chi connectivity index (χ1) is 14.6. The van der Waals surface area contributed by atoms with Crippen LogP contribution in [0.1, 0.15) is 47.9 Å². The summed E-state index contributed by atoms with van der Waals surface area (Å²) in [5.74, 6) is 2.58. The number of ether oxygens (including phenoxy) is 1. The van der Waals surface area contributed by atoms with Gasteiger partial charge in [0.2, 0.25) is 5.91 Å². The number of hydrogen-bond donors (Lipinski definition) is 1. The number of rotatable bonds is 5. The molecule has 1 fully saturated rings. The van der Waals surface area contributed by atoms with Crippen molar-refractivity contribution < 1.29 is 9.53 Å². The molecule has 1 unspecified atom stereocenters. The summed E-state index contributed by atoms with van der Waals surface area (Å²) in [6, 6.07) is 7.67. The number of aromatic nitrogens is 2. The Hall–Kier alpha value is -2.67. The van der Waals surface area contributed by atoms with Crippen LogP contribution in [0.2, 0.25) is 0 Å². The summed E-state index contributed by atoms with van der Waals surface area (Å²) in [5.41, 5.74) is 3.26. The van der Waals surface area contributed by atoms with Crippen LogP contribution < -0.4 is 10.1 Å². The van der Waals surface area contributed by atoms with E-state index in [1.165, 1.54) is 5.56 Å². The summed E-state index contributed by atoms with van der Waals surface area (Å²) in [6.07, 6.45) is 4.32. The molecule has 4 rings (SSSR count). The maximum atomic E-state index is 13.3. The molecule has 1 amide bonds. The molecule has 3 heterocycles. The van der Waals surface area contributed by atoms with Crippen molar-refractivity contribution in [1.29, 1.82) is 0 Å². The van der Waals surface area contributed by atoms with Crippen LogP contribution in [-0.4, -0.2) is 60.0 Å². The molecule has 1 saturated heterocycles. The van der Waals surface area contributed by atoms with Crippen molar-refractivity contribution in [3.63, 3.8) is 0 Å². The fourth-order valence-electron chi connectivity index (χ4n) is 4.49. The van der Waals surface area contributed by atoms with Gasteiger partial charge in [0.1, 0.15) is 11.6 Å². The van der Waals surface area contributed by atoms with Gasteiger partial charge in [-0.25, -0.2) is 9.97 Å². The number of carbonyl (C=O) groups excluding carboxylic acids is 1. The van der Waals surface area contributed by atoms with Gasteiger partial charge in [0.05, 0.1) is 25.3 Å². The van der Waals surface area contributed by atoms with Gasteiger partial charge in [-0.3, -0.25) is 4.79 Å². The Morgan fingerprint density at radius 3 is 2.93 bits per heavy atom. The molecule has 7 heteroatoms. The zero-order valence-electron chi connectivity index (χ0n) is 18.1.